The number of anilines is 6. The van der Waals surface area contributed by atoms with E-state index in [-0.39, 0.29) is 0 Å². The summed E-state index contributed by atoms with van der Waals surface area (Å²) in [6.45, 7) is 2.13. The molecule has 8 aromatic rings. The minimum atomic E-state index is 0.835. The summed E-state index contributed by atoms with van der Waals surface area (Å²) in [6.07, 6.45) is 0. The Morgan fingerprint density at radius 2 is 0.735 bits per heavy atom. The summed E-state index contributed by atoms with van der Waals surface area (Å²) < 4.78 is 5.47. The van der Waals surface area contributed by atoms with Gasteiger partial charge in [-0.05, 0) is 102 Å². The molecule has 0 N–H and O–H groups in total. The van der Waals surface area contributed by atoms with E-state index >= 15 is 0 Å². The summed E-state index contributed by atoms with van der Waals surface area (Å²) in [4.78, 5) is 4.67. The molecule has 0 saturated heterocycles. The predicted molar refractivity (Wildman–Crippen MR) is 208 cm³/mol. The van der Waals surface area contributed by atoms with Crippen LogP contribution in [0.15, 0.2) is 182 Å². The second-order valence-electron chi connectivity index (χ2n) is 12.3. The quantitative estimate of drug-likeness (QED) is 0.166. The van der Waals surface area contributed by atoms with E-state index in [0.717, 1.165) is 45.4 Å². The maximum absolute atomic E-state index is 5.47. The first-order valence-corrected chi connectivity index (χ1v) is 16.6. The van der Waals surface area contributed by atoms with Crippen molar-refractivity contribution >= 4 is 55.7 Å². The van der Waals surface area contributed by atoms with Crippen LogP contribution in [0.25, 0.3) is 32.7 Å². The third-order valence-corrected chi connectivity index (χ3v) is 9.22. The highest BCUT2D eigenvalue weighted by Crippen LogP contribution is 2.42. The number of hydrogen-bond acceptors (Lipinski definition) is 3. The van der Waals surface area contributed by atoms with Gasteiger partial charge in [-0.15, -0.1) is 0 Å². The molecule has 0 aliphatic carbocycles. The molecule has 0 spiro atoms. The van der Waals surface area contributed by atoms with Crippen LogP contribution in [0.3, 0.4) is 0 Å². The maximum atomic E-state index is 5.47. The fraction of sp³-hybridized carbons (Fsp3) is 0.0435. The van der Waals surface area contributed by atoms with Crippen molar-refractivity contribution in [1.82, 2.24) is 0 Å². The van der Waals surface area contributed by atoms with Crippen molar-refractivity contribution in [2.24, 2.45) is 0 Å². The average Bonchev–Trinajstić information content (AvgIpc) is 3.17. The molecular formula is C46H36N2O. The van der Waals surface area contributed by atoms with E-state index in [1.165, 1.54) is 32.7 Å². The zero-order valence-electron chi connectivity index (χ0n) is 27.6. The van der Waals surface area contributed by atoms with Gasteiger partial charge in [-0.1, -0.05) is 115 Å². The number of hydrogen-bond donors (Lipinski definition) is 0. The Hall–Kier alpha value is -6.32. The summed E-state index contributed by atoms with van der Waals surface area (Å²) in [5, 5.41) is 4.85. The SMILES string of the molecule is COc1ccc(N(c2ccc(-c3ccc(N(c4ccc(C)cc4)c4cccc5ccccc45)cc3)cc2)c2cccc3ccccc23)cc1. The van der Waals surface area contributed by atoms with Crippen molar-refractivity contribution < 1.29 is 4.74 Å². The molecule has 49 heavy (non-hydrogen) atoms. The Morgan fingerprint density at radius 3 is 1.16 bits per heavy atom. The zero-order valence-corrected chi connectivity index (χ0v) is 27.6. The van der Waals surface area contributed by atoms with Crippen LogP contribution in [-0.4, -0.2) is 7.11 Å². The summed E-state index contributed by atoms with van der Waals surface area (Å²) in [5.74, 6) is 0.835. The summed E-state index contributed by atoms with van der Waals surface area (Å²) in [7, 11) is 1.70. The molecular weight excluding hydrogens is 597 g/mol. The molecule has 8 rings (SSSR count). The molecule has 3 heteroatoms. The molecule has 0 bridgehead atoms. The largest absolute Gasteiger partial charge is 0.497 e. The molecule has 0 saturated carbocycles. The predicted octanol–water partition coefficient (Wildman–Crippen LogP) is 12.9. The van der Waals surface area contributed by atoms with Crippen LogP contribution in [0.1, 0.15) is 5.56 Å². The van der Waals surface area contributed by atoms with Crippen LogP contribution in [0, 0.1) is 6.92 Å². The molecule has 0 fully saturated rings. The normalized spacial score (nSPS) is 11.1. The first-order chi connectivity index (χ1) is 24.2. The number of aryl methyl sites for hydroxylation is 1. The fourth-order valence-electron chi connectivity index (χ4n) is 6.69. The number of ether oxygens (including phenoxy) is 1. The van der Waals surface area contributed by atoms with E-state index < -0.39 is 0 Å². The van der Waals surface area contributed by atoms with Gasteiger partial charge in [0, 0.05) is 33.5 Å². The first-order valence-electron chi connectivity index (χ1n) is 16.6. The van der Waals surface area contributed by atoms with Gasteiger partial charge in [0.1, 0.15) is 5.75 Å². The number of methoxy groups -OCH3 is 1. The van der Waals surface area contributed by atoms with Crippen LogP contribution in [0.4, 0.5) is 34.1 Å². The van der Waals surface area contributed by atoms with E-state index in [0.29, 0.717) is 0 Å². The molecule has 3 nitrogen and oxygen atoms in total. The van der Waals surface area contributed by atoms with E-state index in [2.05, 4.69) is 187 Å². The molecule has 0 amide bonds. The van der Waals surface area contributed by atoms with Crippen LogP contribution in [0.2, 0.25) is 0 Å². The Morgan fingerprint density at radius 1 is 0.367 bits per heavy atom. The van der Waals surface area contributed by atoms with Crippen molar-refractivity contribution in [3.05, 3.63) is 188 Å². The van der Waals surface area contributed by atoms with Gasteiger partial charge in [0.15, 0.2) is 0 Å². The standard InChI is InChI=1S/C46H36N2O/c1-33-17-23-38(24-18-33)47(45-15-7-11-36-9-3-5-13-43(36)45)39-25-19-34(20-26-39)35-21-27-40(28-22-35)48(41-29-31-42(49-2)32-30-41)46-16-8-12-37-10-4-6-14-44(37)46/h3-32H,1-2H3. The van der Waals surface area contributed by atoms with Gasteiger partial charge in [0.2, 0.25) is 0 Å². The summed E-state index contributed by atoms with van der Waals surface area (Å²) >= 11 is 0. The zero-order chi connectivity index (χ0) is 33.2. The number of fused-ring (bicyclic) bond motifs is 2. The van der Waals surface area contributed by atoms with Crippen molar-refractivity contribution in [2.75, 3.05) is 16.9 Å². The molecule has 0 heterocycles. The van der Waals surface area contributed by atoms with Gasteiger partial charge in [-0.2, -0.15) is 0 Å². The molecule has 8 aromatic carbocycles. The highest BCUT2D eigenvalue weighted by Gasteiger charge is 2.17. The van der Waals surface area contributed by atoms with Crippen LogP contribution < -0.4 is 14.5 Å². The van der Waals surface area contributed by atoms with E-state index in [1.807, 2.05) is 12.1 Å². The highest BCUT2D eigenvalue weighted by molar-refractivity contribution is 6.00. The van der Waals surface area contributed by atoms with Crippen molar-refractivity contribution in [1.29, 1.82) is 0 Å². The Kier molecular flexibility index (Phi) is 8.01. The van der Waals surface area contributed by atoms with Crippen molar-refractivity contribution in [3.63, 3.8) is 0 Å². The minimum Gasteiger partial charge on any atom is -0.497 e. The van der Waals surface area contributed by atoms with E-state index in [1.54, 1.807) is 7.11 Å². The lowest BCUT2D eigenvalue weighted by Gasteiger charge is -2.27. The lowest BCUT2D eigenvalue weighted by atomic mass is 10.0. The Bertz CT molecular complexity index is 2350. The van der Waals surface area contributed by atoms with E-state index in [9.17, 15) is 0 Å². The van der Waals surface area contributed by atoms with Gasteiger partial charge in [-0.3, -0.25) is 0 Å². The third kappa shape index (κ3) is 5.88. The summed E-state index contributed by atoms with van der Waals surface area (Å²) in [5.41, 5.74) is 10.3. The molecule has 0 unspecified atom stereocenters. The van der Waals surface area contributed by atoms with Crippen molar-refractivity contribution in [2.45, 2.75) is 6.92 Å². The second-order valence-corrected chi connectivity index (χ2v) is 12.3. The van der Waals surface area contributed by atoms with Gasteiger partial charge in [0.05, 0.1) is 18.5 Å². The molecule has 0 radical (unpaired) electrons. The first kappa shape index (κ1) is 30.0. The van der Waals surface area contributed by atoms with Crippen LogP contribution in [0.5, 0.6) is 5.75 Å². The van der Waals surface area contributed by atoms with Crippen molar-refractivity contribution in [3.8, 4) is 16.9 Å². The Balaban J connectivity index is 1.16. The minimum absolute atomic E-state index is 0.835. The monoisotopic (exact) mass is 632 g/mol. The fourth-order valence-corrected chi connectivity index (χ4v) is 6.69. The molecule has 236 valence electrons. The molecule has 0 aliphatic rings. The number of benzene rings is 8. The van der Waals surface area contributed by atoms with Gasteiger partial charge in [-0.25, -0.2) is 0 Å². The average molecular weight is 633 g/mol. The Labute approximate surface area is 287 Å². The number of rotatable bonds is 8. The number of nitrogens with zero attached hydrogens (tertiary/aromatic N) is 2. The van der Waals surface area contributed by atoms with E-state index in [4.69, 9.17) is 4.74 Å². The molecule has 0 aliphatic heterocycles. The molecule has 0 atom stereocenters. The van der Waals surface area contributed by atoms with Gasteiger partial charge in [0.25, 0.3) is 0 Å². The molecule has 0 aromatic heterocycles. The smallest absolute Gasteiger partial charge is 0.119 e. The lowest BCUT2D eigenvalue weighted by molar-refractivity contribution is 0.415. The van der Waals surface area contributed by atoms with Crippen LogP contribution >= 0.6 is 0 Å². The maximum Gasteiger partial charge on any atom is 0.119 e. The second kappa shape index (κ2) is 13.1. The van der Waals surface area contributed by atoms with Gasteiger partial charge < -0.3 is 14.5 Å². The summed E-state index contributed by atoms with van der Waals surface area (Å²) in [6, 6.07) is 64.9. The third-order valence-electron chi connectivity index (χ3n) is 9.22. The van der Waals surface area contributed by atoms with Gasteiger partial charge >= 0.3 is 0 Å². The lowest BCUT2D eigenvalue weighted by Crippen LogP contribution is -2.10. The highest BCUT2D eigenvalue weighted by atomic mass is 16.5. The van der Waals surface area contributed by atoms with Crippen LogP contribution in [-0.2, 0) is 0 Å². The topological polar surface area (TPSA) is 15.7 Å².